The number of benzene rings is 1. The van der Waals surface area contributed by atoms with Gasteiger partial charge in [-0.3, -0.25) is 4.98 Å². The van der Waals surface area contributed by atoms with Gasteiger partial charge < -0.3 is 15.9 Å². The predicted octanol–water partition coefficient (Wildman–Crippen LogP) is 6.17. The van der Waals surface area contributed by atoms with E-state index in [2.05, 4.69) is 4.98 Å². The lowest BCUT2D eigenvalue weighted by Crippen LogP contribution is -2.50. The van der Waals surface area contributed by atoms with E-state index in [4.69, 9.17) is 5.73 Å². The van der Waals surface area contributed by atoms with Crippen LogP contribution in [0.2, 0.25) is 0 Å². The molecule has 2 aromatic rings. The number of rotatable bonds is 8. The van der Waals surface area contributed by atoms with Crippen LogP contribution >= 0.6 is 0 Å². The van der Waals surface area contributed by atoms with E-state index in [1.165, 1.54) is 12.1 Å². The molecular weight excluding hydrogens is 429 g/mol. The number of allylic oxidation sites excluding steroid dienone is 5. The number of hydrogen-bond donors (Lipinski definition) is 3. The van der Waals surface area contributed by atoms with Crippen LogP contribution in [-0.2, 0) is 5.41 Å². The van der Waals surface area contributed by atoms with E-state index in [1.807, 2.05) is 6.07 Å². The number of halogens is 3. The SMILES string of the molecule is C\C=C/C(/C=C(\N)CC(O)(CC(C)(C)c1cc(-c2cccnc2)ccc1O)C(F)(F)F)=C\C. The first-order valence-electron chi connectivity index (χ1n) is 10.6. The predicted molar refractivity (Wildman–Crippen MR) is 125 cm³/mol. The maximum Gasteiger partial charge on any atom is 0.417 e. The third kappa shape index (κ3) is 6.48. The van der Waals surface area contributed by atoms with Crippen LogP contribution in [0.4, 0.5) is 13.2 Å². The number of phenols is 1. The molecule has 0 saturated carbocycles. The Kier molecular flexibility index (Phi) is 8.14. The molecule has 0 bridgehead atoms. The van der Waals surface area contributed by atoms with Crippen LogP contribution in [-0.4, -0.2) is 27.0 Å². The van der Waals surface area contributed by atoms with Crippen LogP contribution in [0.1, 0.15) is 46.1 Å². The monoisotopic (exact) mass is 460 g/mol. The highest BCUT2D eigenvalue weighted by Gasteiger charge is 2.56. The third-order valence-corrected chi connectivity index (χ3v) is 5.52. The van der Waals surface area contributed by atoms with Gasteiger partial charge in [0.15, 0.2) is 5.60 Å². The van der Waals surface area contributed by atoms with Gasteiger partial charge in [0, 0.05) is 35.6 Å². The highest BCUT2D eigenvalue weighted by Crippen LogP contribution is 2.46. The Labute approximate surface area is 193 Å². The number of nitrogens with two attached hydrogens (primary N) is 1. The van der Waals surface area contributed by atoms with E-state index in [0.29, 0.717) is 11.1 Å². The van der Waals surface area contributed by atoms with E-state index in [-0.39, 0.29) is 17.0 Å². The van der Waals surface area contributed by atoms with Crippen LogP contribution in [0, 0.1) is 0 Å². The Bertz CT molecular complexity index is 1040. The van der Waals surface area contributed by atoms with Gasteiger partial charge in [0.2, 0.25) is 0 Å². The molecule has 0 fully saturated rings. The summed E-state index contributed by atoms with van der Waals surface area (Å²) >= 11 is 0. The maximum atomic E-state index is 14.1. The molecule has 0 saturated heterocycles. The number of nitrogens with zero attached hydrogens (tertiary/aromatic N) is 1. The van der Waals surface area contributed by atoms with E-state index < -0.39 is 30.0 Å². The molecule has 0 aliphatic carbocycles. The van der Waals surface area contributed by atoms with Crippen LogP contribution in [0.3, 0.4) is 0 Å². The number of phenolic OH excluding ortho intramolecular Hbond substituents is 1. The van der Waals surface area contributed by atoms with Gasteiger partial charge in [-0.2, -0.15) is 13.2 Å². The molecule has 1 atom stereocenters. The van der Waals surface area contributed by atoms with E-state index >= 15 is 0 Å². The highest BCUT2D eigenvalue weighted by atomic mass is 19.4. The maximum absolute atomic E-state index is 14.1. The Hall–Kier alpha value is -3.06. The van der Waals surface area contributed by atoms with Gasteiger partial charge in [-0.05, 0) is 61.1 Å². The molecule has 1 heterocycles. The topological polar surface area (TPSA) is 79.4 Å². The molecular formula is C26H31F3N2O2. The zero-order valence-corrected chi connectivity index (χ0v) is 19.3. The third-order valence-electron chi connectivity index (χ3n) is 5.52. The fraction of sp³-hybridized carbons (Fsp3) is 0.346. The van der Waals surface area contributed by atoms with E-state index in [9.17, 15) is 23.4 Å². The van der Waals surface area contributed by atoms with Crippen LogP contribution < -0.4 is 5.73 Å². The van der Waals surface area contributed by atoms with Gasteiger partial charge in [0.25, 0.3) is 0 Å². The summed E-state index contributed by atoms with van der Waals surface area (Å²) < 4.78 is 42.3. The Morgan fingerprint density at radius 2 is 1.82 bits per heavy atom. The minimum absolute atomic E-state index is 0.0924. The molecule has 1 aromatic carbocycles. The van der Waals surface area contributed by atoms with Crippen LogP contribution in [0.25, 0.3) is 11.1 Å². The van der Waals surface area contributed by atoms with E-state index in [1.54, 1.807) is 76.5 Å². The average Bonchev–Trinajstić information content (AvgIpc) is 2.73. The van der Waals surface area contributed by atoms with Crippen molar-refractivity contribution in [2.24, 2.45) is 5.73 Å². The number of aromatic hydroxyl groups is 1. The largest absolute Gasteiger partial charge is 0.508 e. The van der Waals surface area contributed by atoms with Gasteiger partial charge in [0.1, 0.15) is 5.75 Å². The van der Waals surface area contributed by atoms with Crippen molar-refractivity contribution in [2.75, 3.05) is 0 Å². The number of aromatic nitrogens is 1. The fourth-order valence-electron chi connectivity index (χ4n) is 3.90. The zero-order chi connectivity index (χ0) is 24.9. The number of pyridine rings is 1. The minimum Gasteiger partial charge on any atom is -0.508 e. The van der Waals surface area contributed by atoms with Crippen LogP contribution in [0.15, 0.2) is 78.3 Å². The molecule has 0 aliphatic rings. The van der Waals surface area contributed by atoms with Gasteiger partial charge in [-0.15, -0.1) is 0 Å². The first-order valence-corrected chi connectivity index (χ1v) is 10.6. The van der Waals surface area contributed by atoms with Crippen molar-refractivity contribution in [1.82, 2.24) is 4.98 Å². The second kappa shape index (κ2) is 10.3. The summed E-state index contributed by atoms with van der Waals surface area (Å²) in [6, 6.07) is 8.30. The fourth-order valence-corrected chi connectivity index (χ4v) is 3.90. The van der Waals surface area contributed by atoms with Crippen molar-refractivity contribution in [3.8, 4) is 16.9 Å². The Balaban J connectivity index is 2.45. The van der Waals surface area contributed by atoms with Crippen molar-refractivity contribution in [2.45, 2.75) is 57.7 Å². The molecule has 0 amide bonds. The summed E-state index contributed by atoms with van der Waals surface area (Å²) in [7, 11) is 0. The summed E-state index contributed by atoms with van der Waals surface area (Å²) in [4.78, 5) is 4.06. The molecule has 7 heteroatoms. The highest BCUT2D eigenvalue weighted by molar-refractivity contribution is 5.65. The lowest BCUT2D eigenvalue weighted by atomic mass is 9.72. The molecule has 0 aliphatic heterocycles. The number of alkyl halides is 3. The molecule has 4 N–H and O–H groups in total. The number of aliphatic hydroxyl groups is 1. The smallest absolute Gasteiger partial charge is 0.417 e. The van der Waals surface area contributed by atoms with Gasteiger partial charge in [0.05, 0.1) is 0 Å². The Morgan fingerprint density at radius 3 is 2.36 bits per heavy atom. The molecule has 178 valence electrons. The normalized spacial score (nSPS) is 15.6. The molecule has 33 heavy (non-hydrogen) atoms. The van der Waals surface area contributed by atoms with Crippen molar-refractivity contribution in [1.29, 1.82) is 0 Å². The van der Waals surface area contributed by atoms with Crippen LogP contribution in [0.5, 0.6) is 5.75 Å². The van der Waals surface area contributed by atoms with E-state index in [0.717, 1.165) is 5.56 Å². The zero-order valence-electron chi connectivity index (χ0n) is 19.3. The lowest BCUT2D eigenvalue weighted by Gasteiger charge is -2.38. The average molecular weight is 461 g/mol. The van der Waals surface area contributed by atoms with Crippen molar-refractivity contribution in [3.05, 3.63) is 83.9 Å². The number of hydrogen-bond acceptors (Lipinski definition) is 4. The molecule has 4 nitrogen and oxygen atoms in total. The van der Waals surface area contributed by atoms with Crippen molar-refractivity contribution in [3.63, 3.8) is 0 Å². The summed E-state index contributed by atoms with van der Waals surface area (Å²) in [5, 5.41) is 21.3. The van der Waals surface area contributed by atoms with Gasteiger partial charge in [-0.25, -0.2) is 0 Å². The second-order valence-corrected chi connectivity index (χ2v) is 8.75. The first kappa shape index (κ1) is 26.2. The van der Waals surface area contributed by atoms with Crippen molar-refractivity contribution < 1.29 is 23.4 Å². The lowest BCUT2D eigenvalue weighted by molar-refractivity contribution is -0.266. The standard InChI is InChI=1S/C26H31F3N2O2/c1-5-8-18(6-2)13-21(30)15-25(33,26(27,28)29)17-24(3,4)22-14-19(10-11-23(22)32)20-9-7-12-31-16-20/h5-14,16,32-33H,15,17,30H2,1-4H3/b8-5-,18-6+,21-13-. The minimum atomic E-state index is -4.93. The summed E-state index contributed by atoms with van der Waals surface area (Å²) in [6.07, 6.45) is 3.41. The molecule has 0 radical (unpaired) electrons. The van der Waals surface area contributed by atoms with Gasteiger partial charge in [-0.1, -0.05) is 44.2 Å². The molecule has 1 unspecified atom stereocenters. The van der Waals surface area contributed by atoms with Gasteiger partial charge >= 0.3 is 6.18 Å². The molecule has 2 rings (SSSR count). The Morgan fingerprint density at radius 1 is 1.12 bits per heavy atom. The molecule has 1 aromatic heterocycles. The molecule has 0 spiro atoms. The van der Waals surface area contributed by atoms with Crippen molar-refractivity contribution >= 4 is 0 Å². The quantitative estimate of drug-likeness (QED) is 0.412. The first-order chi connectivity index (χ1) is 15.3. The summed E-state index contributed by atoms with van der Waals surface area (Å²) in [5.41, 5.74) is 3.88. The second-order valence-electron chi connectivity index (χ2n) is 8.75. The summed E-state index contributed by atoms with van der Waals surface area (Å²) in [5.74, 6) is -0.148. The summed E-state index contributed by atoms with van der Waals surface area (Å²) in [6.45, 7) is 6.65.